The quantitative estimate of drug-likeness (QED) is 0.819. The maximum atomic E-state index is 10.3. The lowest BCUT2D eigenvalue weighted by molar-refractivity contribution is -0.133. The minimum atomic E-state index is -0.187. The highest BCUT2D eigenvalue weighted by Crippen LogP contribution is 2.31. The molecule has 0 aliphatic carbocycles. The van der Waals surface area contributed by atoms with Crippen LogP contribution < -0.4 is 5.73 Å². The molecule has 1 aromatic rings. The number of carbonyl (C=O) groups excluding carboxylic acids is 1. The van der Waals surface area contributed by atoms with Gasteiger partial charge in [-0.15, -0.1) is 0 Å². The topological polar surface area (TPSA) is 79.4 Å². The van der Waals surface area contributed by atoms with Crippen LogP contribution in [0.1, 0.15) is 39.0 Å². The number of nitrogen functional groups attached to an aromatic ring is 1. The van der Waals surface area contributed by atoms with Gasteiger partial charge in [-0.05, 0) is 20.8 Å². The fourth-order valence-corrected chi connectivity index (χ4v) is 2.09. The number of hydrogen-bond donors (Lipinski definition) is 1. The van der Waals surface area contributed by atoms with E-state index >= 15 is 0 Å². The predicted molar refractivity (Wildman–Crippen MR) is 65.9 cm³/mol. The lowest BCUT2D eigenvalue weighted by atomic mass is 10.1. The van der Waals surface area contributed by atoms with Crippen molar-refractivity contribution in [1.82, 2.24) is 9.78 Å². The van der Waals surface area contributed by atoms with Crippen molar-refractivity contribution in [1.29, 1.82) is 0 Å². The summed E-state index contributed by atoms with van der Waals surface area (Å²) >= 11 is 0. The van der Waals surface area contributed by atoms with Crippen molar-refractivity contribution in [3.8, 4) is 0 Å². The molecule has 0 amide bonds. The number of anilines is 1. The Morgan fingerprint density at radius 3 is 2.89 bits per heavy atom. The van der Waals surface area contributed by atoms with Crippen LogP contribution in [0.5, 0.6) is 0 Å². The molecule has 2 rings (SSSR count). The molecule has 6 heteroatoms. The summed E-state index contributed by atoms with van der Waals surface area (Å²) in [4.78, 5) is 10.3. The van der Waals surface area contributed by atoms with Crippen LogP contribution in [-0.4, -0.2) is 29.0 Å². The lowest BCUT2D eigenvalue weighted by Crippen LogP contribution is -2.25. The van der Waals surface area contributed by atoms with Crippen LogP contribution in [-0.2, 0) is 19.8 Å². The summed E-state index contributed by atoms with van der Waals surface area (Å²) in [6, 6.07) is 1.82. The highest BCUT2D eigenvalue weighted by atomic mass is 16.6. The van der Waals surface area contributed by atoms with Crippen molar-refractivity contribution in [2.45, 2.75) is 44.9 Å². The second-order valence-corrected chi connectivity index (χ2v) is 5.49. The van der Waals surface area contributed by atoms with Gasteiger partial charge in [0.05, 0.1) is 17.8 Å². The number of aromatic nitrogens is 2. The summed E-state index contributed by atoms with van der Waals surface area (Å²) in [6.45, 7) is 6.97. The third-order valence-corrected chi connectivity index (χ3v) is 2.93. The van der Waals surface area contributed by atoms with Crippen molar-refractivity contribution < 1.29 is 14.3 Å². The molecule has 0 saturated carbocycles. The van der Waals surface area contributed by atoms with Gasteiger partial charge in [-0.2, -0.15) is 5.10 Å². The molecule has 0 bridgehead atoms. The summed E-state index contributed by atoms with van der Waals surface area (Å²) in [6.07, 6.45) is 0.286. The summed E-state index contributed by atoms with van der Waals surface area (Å²) in [7, 11) is 0. The molecule has 1 aliphatic rings. The first-order chi connectivity index (χ1) is 8.41. The van der Waals surface area contributed by atoms with Crippen LogP contribution >= 0.6 is 0 Å². The van der Waals surface area contributed by atoms with E-state index in [1.54, 1.807) is 4.68 Å². The first-order valence-electron chi connectivity index (χ1n) is 5.98. The largest absolute Gasteiger partial charge is 0.462 e. The third-order valence-electron chi connectivity index (χ3n) is 2.93. The van der Waals surface area contributed by atoms with Gasteiger partial charge in [-0.1, -0.05) is 0 Å². The molecule has 2 unspecified atom stereocenters. The molecular weight excluding hydrogens is 234 g/mol. The monoisotopic (exact) mass is 253 g/mol. The van der Waals surface area contributed by atoms with Gasteiger partial charge in [0, 0.05) is 12.5 Å². The van der Waals surface area contributed by atoms with E-state index in [0.29, 0.717) is 25.3 Å². The van der Waals surface area contributed by atoms with E-state index in [4.69, 9.17) is 15.2 Å². The molecule has 1 fully saturated rings. The number of ether oxygens (including phenoxy) is 2. The van der Waals surface area contributed by atoms with E-state index in [0.717, 1.165) is 5.69 Å². The van der Waals surface area contributed by atoms with Gasteiger partial charge >= 0.3 is 0 Å². The van der Waals surface area contributed by atoms with Gasteiger partial charge in [0.2, 0.25) is 0 Å². The molecule has 100 valence electrons. The first kappa shape index (κ1) is 12.9. The average molecular weight is 253 g/mol. The highest BCUT2D eigenvalue weighted by Gasteiger charge is 2.31. The molecule has 2 heterocycles. The molecule has 0 radical (unpaired) electrons. The zero-order valence-electron chi connectivity index (χ0n) is 10.9. The van der Waals surface area contributed by atoms with Gasteiger partial charge in [0.25, 0.3) is 6.47 Å². The van der Waals surface area contributed by atoms with Crippen LogP contribution in [0.4, 0.5) is 5.82 Å². The summed E-state index contributed by atoms with van der Waals surface area (Å²) < 4.78 is 12.2. The SMILES string of the molecule is CC(C)(C)n1nc(C2CC(OC=O)CO2)cc1N. The molecule has 1 saturated heterocycles. The van der Waals surface area contributed by atoms with Crippen molar-refractivity contribution >= 4 is 12.3 Å². The summed E-state index contributed by atoms with van der Waals surface area (Å²) in [5.41, 5.74) is 6.57. The number of nitrogens with two attached hydrogens (primary N) is 1. The minimum absolute atomic E-state index is 0.152. The molecule has 2 atom stereocenters. The first-order valence-corrected chi connectivity index (χ1v) is 5.98. The Kier molecular flexibility index (Phi) is 3.30. The van der Waals surface area contributed by atoms with Crippen LogP contribution in [0.15, 0.2) is 6.07 Å². The zero-order valence-corrected chi connectivity index (χ0v) is 10.9. The highest BCUT2D eigenvalue weighted by molar-refractivity contribution is 5.38. The summed E-state index contributed by atoms with van der Waals surface area (Å²) in [5.74, 6) is 0.612. The van der Waals surface area contributed by atoms with Crippen LogP contribution in [0.3, 0.4) is 0 Å². The molecule has 2 N–H and O–H groups in total. The third kappa shape index (κ3) is 2.48. The predicted octanol–water partition coefficient (Wildman–Crippen LogP) is 1.22. The molecule has 1 aromatic heterocycles. The van der Waals surface area contributed by atoms with E-state index in [1.165, 1.54) is 0 Å². The lowest BCUT2D eigenvalue weighted by Gasteiger charge is -2.20. The Labute approximate surface area is 106 Å². The minimum Gasteiger partial charge on any atom is -0.462 e. The Hall–Kier alpha value is -1.56. The van der Waals surface area contributed by atoms with E-state index in [-0.39, 0.29) is 17.7 Å². The second-order valence-electron chi connectivity index (χ2n) is 5.49. The van der Waals surface area contributed by atoms with Crippen LogP contribution in [0, 0.1) is 0 Å². The number of carbonyl (C=O) groups is 1. The van der Waals surface area contributed by atoms with Crippen molar-refractivity contribution in [3.63, 3.8) is 0 Å². The normalized spacial score (nSPS) is 24.2. The Morgan fingerprint density at radius 1 is 1.61 bits per heavy atom. The standard InChI is InChI=1S/C12H19N3O3/c1-12(2,3)15-11(13)5-9(14-15)10-4-8(6-17-10)18-7-16/h5,7-8,10H,4,6,13H2,1-3H3. The van der Waals surface area contributed by atoms with Gasteiger partial charge < -0.3 is 15.2 Å². The van der Waals surface area contributed by atoms with Crippen molar-refractivity contribution in [2.24, 2.45) is 0 Å². The number of hydrogen-bond acceptors (Lipinski definition) is 5. The van der Waals surface area contributed by atoms with E-state index in [1.807, 2.05) is 26.8 Å². The second kappa shape index (κ2) is 4.61. The molecule has 1 aliphatic heterocycles. The maximum Gasteiger partial charge on any atom is 0.293 e. The van der Waals surface area contributed by atoms with Crippen LogP contribution in [0.2, 0.25) is 0 Å². The Morgan fingerprint density at radius 2 is 2.33 bits per heavy atom. The van der Waals surface area contributed by atoms with Gasteiger partial charge in [0.1, 0.15) is 18.0 Å². The van der Waals surface area contributed by atoms with Crippen LogP contribution in [0.25, 0.3) is 0 Å². The van der Waals surface area contributed by atoms with Gasteiger partial charge in [0.15, 0.2) is 0 Å². The fraction of sp³-hybridized carbons (Fsp3) is 0.667. The summed E-state index contributed by atoms with van der Waals surface area (Å²) in [5, 5.41) is 4.48. The number of nitrogens with zero attached hydrogens (tertiary/aromatic N) is 2. The molecule has 6 nitrogen and oxygen atoms in total. The van der Waals surface area contributed by atoms with E-state index in [2.05, 4.69) is 5.10 Å². The maximum absolute atomic E-state index is 10.3. The molecule has 0 spiro atoms. The fourth-order valence-electron chi connectivity index (χ4n) is 2.09. The van der Waals surface area contributed by atoms with E-state index < -0.39 is 0 Å². The smallest absolute Gasteiger partial charge is 0.293 e. The zero-order chi connectivity index (χ0) is 13.3. The van der Waals surface area contributed by atoms with Crippen molar-refractivity contribution in [2.75, 3.05) is 12.3 Å². The van der Waals surface area contributed by atoms with Gasteiger partial charge in [-0.25, -0.2) is 4.68 Å². The number of rotatable bonds is 3. The van der Waals surface area contributed by atoms with Crippen molar-refractivity contribution in [3.05, 3.63) is 11.8 Å². The van der Waals surface area contributed by atoms with Gasteiger partial charge in [-0.3, -0.25) is 4.79 Å². The Balaban J connectivity index is 2.14. The molecular formula is C12H19N3O3. The van der Waals surface area contributed by atoms with E-state index in [9.17, 15) is 4.79 Å². The Bertz CT molecular complexity index is 436. The molecule has 18 heavy (non-hydrogen) atoms. The average Bonchev–Trinajstić information content (AvgIpc) is 2.84. The molecule has 0 aromatic carbocycles.